The number of aromatic nitrogens is 3. The maximum absolute atomic E-state index is 11.8. The molecule has 5 atom stereocenters. The first-order valence-electron chi connectivity index (χ1n) is 9.24. The summed E-state index contributed by atoms with van der Waals surface area (Å²) in [5.74, 6) is 0.244. The van der Waals surface area contributed by atoms with Crippen molar-refractivity contribution in [1.29, 1.82) is 5.26 Å². The van der Waals surface area contributed by atoms with Crippen LogP contribution in [0.15, 0.2) is 18.5 Å². The Hall–Kier alpha value is -2.98. The molecule has 0 amide bonds. The van der Waals surface area contributed by atoms with Crippen molar-refractivity contribution in [3.63, 3.8) is 0 Å². The minimum Gasteiger partial charge on any atom is -0.432 e. The number of nitrogens with two attached hydrogens (primary N) is 1. The predicted molar refractivity (Wildman–Crippen MR) is 97.7 cm³/mol. The van der Waals surface area contributed by atoms with Crippen molar-refractivity contribution in [3.05, 3.63) is 24.2 Å². The van der Waals surface area contributed by atoms with Gasteiger partial charge in [0.1, 0.15) is 42.8 Å². The van der Waals surface area contributed by atoms with Crippen LogP contribution in [0.3, 0.4) is 0 Å². The number of methoxy groups -OCH3 is 1. The van der Waals surface area contributed by atoms with Crippen LogP contribution >= 0.6 is 0 Å². The smallest absolute Gasteiger partial charge is 0.432 e. The van der Waals surface area contributed by atoms with Crippen LogP contribution in [0.2, 0.25) is 0 Å². The van der Waals surface area contributed by atoms with E-state index >= 15 is 0 Å². The van der Waals surface area contributed by atoms with Gasteiger partial charge in [0.25, 0.3) is 6.48 Å². The van der Waals surface area contributed by atoms with Crippen LogP contribution < -0.4 is 5.73 Å². The molecule has 0 radical (unpaired) electrons. The fraction of sp³-hybridized carbons (Fsp3) is 0.556. The highest BCUT2D eigenvalue weighted by molar-refractivity contribution is 5.66. The summed E-state index contributed by atoms with van der Waals surface area (Å²) in [4.78, 5) is 15.7. The van der Waals surface area contributed by atoms with Gasteiger partial charge in [-0.3, -0.25) is 0 Å². The minimum atomic E-state index is -1.62. The molecule has 0 bridgehead atoms. The number of hydrogen-bond donors (Lipinski definition) is 1. The molecule has 12 heteroatoms. The largest absolute Gasteiger partial charge is 0.508 e. The SMILES string of the molecule is COC1O[C@H]2[C@@H](O1)[C@](C#N)(c1ccc3c(N)ncnn13)O[C@@H]2COC(=O)OC(C)C. The molecule has 4 rings (SSSR count). The van der Waals surface area contributed by atoms with Crippen molar-refractivity contribution in [2.45, 2.75) is 50.3 Å². The lowest BCUT2D eigenvalue weighted by Gasteiger charge is -2.26. The first kappa shape index (κ1) is 20.3. The number of anilines is 1. The molecular formula is C18H21N5O7. The van der Waals surface area contributed by atoms with Crippen LogP contribution in [0.4, 0.5) is 10.6 Å². The highest BCUT2D eigenvalue weighted by Gasteiger charge is 2.64. The molecule has 160 valence electrons. The Bertz CT molecular complexity index is 989. The summed E-state index contributed by atoms with van der Waals surface area (Å²) in [7, 11) is 1.41. The average molecular weight is 419 g/mol. The number of nitriles is 1. The summed E-state index contributed by atoms with van der Waals surface area (Å²) in [5.41, 5.74) is 5.16. The molecule has 1 unspecified atom stereocenters. The first-order chi connectivity index (χ1) is 14.4. The second kappa shape index (κ2) is 7.69. The zero-order chi connectivity index (χ0) is 21.5. The second-order valence-corrected chi connectivity index (χ2v) is 7.07. The molecule has 4 heterocycles. The maximum Gasteiger partial charge on any atom is 0.508 e. The van der Waals surface area contributed by atoms with Gasteiger partial charge >= 0.3 is 6.16 Å². The van der Waals surface area contributed by atoms with E-state index in [-0.39, 0.29) is 18.5 Å². The molecule has 0 aromatic carbocycles. The number of carbonyl (C=O) groups excluding carboxylic acids is 1. The van der Waals surface area contributed by atoms with Gasteiger partial charge in [-0.05, 0) is 26.0 Å². The number of hydrogen-bond acceptors (Lipinski definition) is 11. The van der Waals surface area contributed by atoms with Crippen LogP contribution in [0.1, 0.15) is 19.5 Å². The molecule has 0 spiro atoms. The molecule has 2 saturated heterocycles. The topological polar surface area (TPSA) is 152 Å². The summed E-state index contributed by atoms with van der Waals surface area (Å²) in [6.07, 6.45) is -2.36. The Morgan fingerprint density at radius 1 is 1.43 bits per heavy atom. The van der Waals surface area contributed by atoms with E-state index in [1.165, 1.54) is 18.0 Å². The van der Waals surface area contributed by atoms with Gasteiger partial charge < -0.3 is 34.2 Å². The van der Waals surface area contributed by atoms with Crippen molar-refractivity contribution in [1.82, 2.24) is 14.6 Å². The van der Waals surface area contributed by atoms with Crippen LogP contribution in [0, 0.1) is 11.3 Å². The van der Waals surface area contributed by atoms with Gasteiger partial charge in [0, 0.05) is 7.11 Å². The molecule has 2 aliphatic rings. The van der Waals surface area contributed by atoms with Crippen LogP contribution in [0.5, 0.6) is 0 Å². The first-order valence-corrected chi connectivity index (χ1v) is 9.24. The molecule has 0 aliphatic carbocycles. The Balaban J connectivity index is 1.68. The van der Waals surface area contributed by atoms with Crippen LogP contribution in [-0.2, 0) is 34.0 Å². The van der Waals surface area contributed by atoms with E-state index in [9.17, 15) is 10.1 Å². The molecule has 2 aromatic rings. The van der Waals surface area contributed by atoms with Gasteiger partial charge in [-0.1, -0.05) is 0 Å². The molecule has 2 aromatic heterocycles. The van der Waals surface area contributed by atoms with E-state index in [0.717, 1.165) is 0 Å². The third-order valence-corrected chi connectivity index (χ3v) is 4.85. The van der Waals surface area contributed by atoms with Crippen LogP contribution in [0.25, 0.3) is 5.52 Å². The summed E-state index contributed by atoms with van der Waals surface area (Å²) in [5, 5.41) is 14.4. The molecule has 2 fully saturated rings. The van der Waals surface area contributed by atoms with E-state index < -0.39 is 36.5 Å². The Kier molecular flexibility index (Phi) is 5.20. The van der Waals surface area contributed by atoms with Crippen molar-refractivity contribution in [2.24, 2.45) is 0 Å². The lowest BCUT2D eigenvalue weighted by Crippen LogP contribution is -2.40. The lowest BCUT2D eigenvalue weighted by atomic mass is 9.92. The third kappa shape index (κ3) is 3.21. The minimum absolute atomic E-state index is 0.212. The molecule has 12 nitrogen and oxygen atoms in total. The molecular weight excluding hydrogens is 398 g/mol. The van der Waals surface area contributed by atoms with E-state index in [2.05, 4.69) is 16.2 Å². The summed E-state index contributed by atoms with van der Waals surface area (Å²) < 4.78 is 34.3. The molecule has 2 N–H and O–H groups in total. The highest BCUT2D eigenvalue weighted by Crippen LogP contribution is 2.47. The van der Waals surface area contributed by atoms with Gasteiger partial charge in [0.2, 0.25) is 5.60 Å². The van der Waals surface area contributed by atoms with Crippen molar-refractivity contribution < 1.29 is 33.2 Å². The number of ether oxygens (including phenoxy) is 6. The van der Waals surface area contributed by atoms with E-state index in [4.69, 9.17) is 34.2 Å². The average Bonchev–Trinajstić information content (AvgIpc) is 3.39. The Morgan fingerprint density at radius 2 is 2.23 bits per heavy atom. The van der Waals surface area contributed by atoms with E-state index in [1.807, 2.05) is 0 Å². The number of carbonyl (C=O) groups is 1. The second-order valence-electron chi connectivity index (χ2n) is 7.07. The van der Waals surface area contributed by atoms with E-state index in [1.54, 1.807) is 26.0 Å². The number of rotatable bonds is 5. The Labute approximate surface area is 171 Å². The zero-order valence-corrected chi connectivity index (χ0v) is 16.5. The molecule has 2 aliphatic heterocycles. The Morgan fingerprint density at radius 3 is 2.93 bits per heavy atom. The fourth-order valence-corrected chi connectivity index (χ4v) is 3.62. The standard InChI is InChI=1S/C18H21N5O7/c1-9(2)27-16(24)26-6-11-13-14(29-17(25-3)28-13)18(7-19,30-11)12-5-4-10-15(20)21-8-22-23(10)12/h4-5,8-9,11,13-14,17H,6H2,1-3H3,(H2,20,21,22)/t11-,13-,14-,17?,18+/m1/s1. The maximum atomic E-state index is 11.8. The summed E-state index contributed by atoms with van der Waals surface area (Å²) in [6.45, 7) is 2.18. The van der Waals surface area contributed by atoms with E-state index in [0.29, 0.717) is 11.2 Å². The van der Waals surface area contributed by atoms with Crippen molar-refractivity contribution in [3.8, 4) is 6.07 Å². The monoisotopic (exact) mass is 419 g/mol. The summed E-state index contributed by atoms with van der Waals surface area (Å²) >= 11 is 0. The van der Waals surface area contributed by atoms with Gasteiger partial charge in [-0.15, -0.1) is 0 Å². The molecule has 30 heavy (non-hydrogen) atoms. The number of nitrogens with zero attached hydrogens (tertiary/aromatic N) is 4. The van der Waals surface area contributed by atoms with Crippen molar-refractivity contribution in [2.75, 3.05) is 19.5 Å². The number of fused-ring (bicyclic) bond motifs is 2. The van der Waals surface area contributed by atoms with Gasteiger partial charge in [0.05, 0.1) is 11.8 Å². The third-order valence-electron chi connectivity index (χ3n) is 4.85. The van der Waals surface area contributed by atoms with Crippen molar-refractivity contribution >= 4 is 17.5 Å². The van der Waals surface area contributed by atoms with Gasteiger partial charge in [0.15, 0.2) is 5.82 Å². The van der Waals surface area contributed by atoms with Gasteiger partial charge in [-0.25, -0.2) is 14.3 Å². The highest BCUT2D eigenvalue weighted by atomic mass is 16.9. The summed E-state index contributed by atoms with van der Waals surface area (Å²) in [6, 6.07) is 5.51. The van der Waals surface area contributed by atoms with Gasteiger partial charge in [-0.2, -0.15) is 10.4 Å². The number of nitrogen functional groups attached to an aromatic ring is 1. The van der Waals surface area contributed by atoms with Crippen LogP contribution in [-0.4, -0.2) is 65.4 Å². The molecule has 0 saturated carbocycles. The predicted octanol–water partition coefficient (Wildman–Crippen LogP) is 0.705. The lowest BCUT2D eigenvalue weighted by molar-refractivity contribution is -0.259. The quantitative estimate of drug-likeness (QED) is 0.682. The zero-order valence-electron chi connectivity index (χ0n) is 16.5. The normalized spacial score (nSPS) is 30.4. The fourth-order valence-electron chi connectivity index (χ4n) is 3.62.